The smallest absolute Gasteiger partial charge is 0.247 e. The maximum Gasteiger partial charge on any atom is 0.247 e. The molecule has 12 heteroatoms. The summed E-state index contributed by atoms with van der Waals surface area (Å²) < 4.78 is 53.2. The minimum Gasteiger partial charge on any atom is -0.497 e. The molecule has 2 aliphatic rings. The van der Waals surface area contributed by atoms with Crippen molar-refractivity contribution in [3.8, 4) is 11.5 Å². The number of aryl methyl sites for hydroxylation is 1. The molecule has 0 aliphatic carbocycles. The highest BCUT2D eigenvalue weighted by molar-refractivity contribution is 7.89. The van der Waals surface area contributed by atoms with Crippen molar-refractivity contribution >= 4 is 21.6 Å². The van der Waals surface area contributed by atoms with Crippen LogP contribution in [0.25, 0.3) is 0 Å². The Morgan fingerprint density at radius 2 is 1.77 bits per heavy atom. The molecular weight excluding hydrogens is 634 g/mol. The number of carbonyl (C=O) groups excluding carboxylic acids is 1. The third kappa shape index (κ3) is 8.30. The quantitative estimate of drug-likeness (QED) is 0.176. The number of nitrogens with zero attached hydrogens (tertiary/aromatic N) is 3. The van der Waals surface area contributed by atoms with Crippen molar-refractivity contribution in [3.05, 3.63) is 83.4 Å². The van der Waals surface area contributed by atoms with Gasteiger partial charge < -0.3 is 23.8 Å². The number of carbonyl (C=O) groups is 1. The van der Waals surface area contributed by atoms with E-state index in [2.05, 4.69) is 11.0 Å². The maximum absolute atomic E-state index is 14.3. The van der Waals surface area contributed by atoms with Crippen molar-refractivity contribution in [2.45, 2.75) is 55.8 Å². The molecule has 48 heavy (non-hydrogen) atoms. The molecule has 0 radical (unpaired) electrons. The Labute approximate surface area is 284 Å². The number of fused-ring (bicyclic) bond motifs is 1. The molecule has 0 bridgehead atoms. The van der Waals surface area contributed by atoms with Gasteiger partial charge in [0.05, 0.1) is 44.1 Å². The van der Waals surface area contributed by atoms with Crippen LogP contribution in [0.2, 0.25) is 0 Å². The average molecular weight is 682 g/mol. The number of ether oxygens (including phenoxy) is 4. The Morgan fingerprint density at radius 3 is 2.46 bits per heavy atom. The number of hydroxylamine groups is 2. The van der Waals surface area contributed by atoms with Gasteiger partial charge in [0.15, 0.2) is 0 Å². The van der Waals surface area contributed by atoms with E-state index in [0.717, 1.165) is 58.5 Å². The molecule has 1 amide bonds. The molecule has 3 unspecified atom stereocenters. The van der Waals surface area contributed by atoms with Crippen LogP contribution in [-0.4, -0.2) is 97.1 Å². The molecule has 2 aliphatic heterocycles. The molecule has 3 aromatic carbocycles. The van der Waals surface area contributed by atoms with Crippen LogP contribution in [0.15, 0.2) is 71.6 Å². The highest BCUT2D eigenvalue weighted by atomic mass is 32.2. The number of rotatable bonds is 14. The molecule has 260 valence electrons. The summed E-state index contributed by atoms with van der Waals surface area (Å²) in [4.78, 5) is 20.8. The van der Waals surface area contributed by atoms with Gasteiger partial charge in [-0.15, -0.1) is 0 Å². The van der Waals surface area contributed by atoms with Crippen LogP contribution in [0.3, 0.4) is 0 Å². The number of sulfonamides is 1. The summed E-state index contributed by atoms with van der Waals surface area (Å²) in [5.41, 5.74) is 3.90. The van der Waals surface area contributed by atoms with E-state index in [9.17, 15) is 13.2 Å². The van der Waals surface area contributed by atoms with E-state index in [1.54, 1.807) is 38.5 Å². The Bertz CT molecular complexity index is 1620. The Hall–Kier alpha value is -3.68. The van der Waals surface area contributed by atoms with Crippen LogP contribution in [0.5, 0.6) is 11.5 Å². The van der Waals surface area contributed by atoms with Crippen LogP contribution in [0.4, 0.5) is 5.69 Å². The van der Waals surface area contributed by atoms with E-state index in [4.69, 9.17) is 23.8 Å². The fourth-order valence-electron chi connectivity index (χ4n) is 6.39. The Kier molecular flexibility index (Phi) is 12.0. The summed E-state index contributed by atoms with van der Waals surface area (Å²) in [5, 5.41) is 1.14. The lowest BCUT2D eigenvalue weighted by atomic mass is 9.83. The fraction of sp³-hybridized carbons (Fsp3) is 0.472. The maximum atomic E-state index is 14.3. The van der Waals surface area contributed by atoms with Gasteiger partial charge in [0, 0.05) is 52.2 Å². The van der Waals surface area contributed by atoms with E-state index in [1.807, 2.05) is 43.3 Å². The first-order chi connectivity index (χ1) is 23.1. The zero-order chi connectivity index (χ0) is 34.3. The Morgan fingerprint density at radius 1 is 1.02 bits per heavy atom. The second-order valence-electron chi connectivity index (χ2n) is 12.3. The van der Waals surface area contributed by atoms with Gasteiger partial charge in [-0.3, -0.25) is 9.63 Å². The molecule has 3 aromatic rings. The van der Waals surface area contributed by atoms with Crippen LogP contribution in [0.1, 0.15) is 41.9 Å². The average Bonchev–Trinajstić information content (AvgIpc) is 3.10. The van der Waals surface area contributed by atoms with E-state index >= 15 is 0 Å². The first kappa shape index (κ1) is 35.6. The van der Waals surface area contributed by atoms with E-state index < -0.39 is 22.2 Å². The number of amides is 1. The van der Waals surface area contributed by atoms with E-state index in [1.165, 1.54) is 18.5 Å². The number of methoxy groups -OCH3 is 2. The van der Waals surface area contributed by atoms with Gasteiger partial charge >= 0.3 is 0 Å². The zero-order valence-corrected chi connectivity index (χ0v) is 29.3. The molecule has 0 spiro atoms. The van der Waals surface area contributed by atoms with Crippen LogP contribution >= 0.6 is 0 Å². The van der Waals surface area contributed by atoms with E-state index in [-0.39, 0.29) is 36.3 Å². The number of benzene rings is 3. The Balaban J connectivity index is 1.46. The van der Waals surface area contributed by atoms with Gasteiger partial charge in [-0.05, 0) is 67.3 Å². The van der Waals surface area contributed by atoms with Gasteiger partial charge in [-0.2, -0.15) is 4.31 Å². The number of piperidine rings is 1. The van der Waals surface area contributed by atoms with Crippen LogP contribution in [0, 0.1) is 6.92 Å². The van der Waals surface area contributed by atoms with Gasteiger partial charge in [0.1, 0.15) is 18.1 Å². The van der Waals surface area contributed by atoms with Crippen molar-refractivity contribution < 1.29 is 37.0 Å². The zero-order valence-electron chi connectivity index (χ0n) is 28.5. The van der Waals surface area contributed by atoms with Gasteiger partial charge in [-0.1, -0.05) is 35.9 Å². The SMILES string of the molecule is COCCCN1CCOc2ccc(COC3CN(S(=O)(=O)c4ccc(C)cc4)C(CC(=O)N(C)OC)CC3c3ccc(OC)cc3)cc21. The summed E-state index contributed by atoms with van der Waals surface area (Å²) in [6.07, 6.45) is 0.724. The molecule has 0 aromatic heterocycles. The lowest BCUT2D eigenvalue weighted by molar-refractivity contribution is -0.170. The normalized spacial score (nSPS) is 19.8. The van der Waals surface area contributed by atoms with Crippen molar-refractivity contribution in [2.24, 2.45) is 0 Å². The molecular formula is C36H47N3O8S. The molecule has 3 atom stereocenters. The predicted octanol–water partition coefficient (Wildman–Crippen LogP) is 4.78. The lowest BCUT2D eigenvalue weighted by Gasteiger charge is -2.43. The number of anilines is 1. The summed E-state index contributed by atoms with van der Waals surface area (Å²) in [5.74, 6) is 1.04. The fourth-order valence-corrected chi connectivity index (χ4v) is 8.03. The van der Waals surface area contributed by atoms with Crippen LogP contribution in [-0.2, 0) is 35.7 Å². The topological polar surface area (TPSA) is 107 Å². The molecule has 1 saturated heterocycles. The monoisotopic (exact) mass is 681 g/mol. The van der Waals surface area contributed by atoms with Crippen molar-refractivity contribution in [1.82, 2.24) is 9.37 Å². The summed E-state index contributed by atoms with van der Waals surface area (Å²) in [7, 11) is 2.28. The standard InChI is InChI=1S/C36H47N3O8S/c1-26-7-14-31(15-8-26)48(41,42)39-24-35(47-25-27-9-16-34-33(21-27)38(18-20-46-34)17-6-19-43-3)32(28-10-12-30(44-4)13-11-28)22-29(39)23-36(40)37(2)45-5/h7-16,21,29,32,35H,6,17-20,22-25H2,1-5H3. The number of hydrogen-bond donors (Lipinski definition) is 0. The van der Waals surface area contributed by atoms with Crippen molar-refractivity contribution in [1.29, 1.82) is 0 Å². The minimum atomic E-state index is -3.98. The van der Waals surface area contributed by atoms with Crippen molar-refractivity contribution in [2.75, 3.05) is 66.1 Å². The molecule has 0 saturated carbocycles. The first-order valence-corrected chi connectivity index (χ1v) is 17.7. The largest absolute Gasteiger partial charge is 0.497 e. The highest BCUT2D eigenvalue weighted by Crippen LogP contribution is 2.39. The summed E-state index contributed by atoms with van der Waals surface area (Å²) in [6, 6.07) is 20.0. The molecule has 5 rings (SSSR count). The van der Waals surface area contributed by atoms with E-state index in [0.29, 0.717) is 19.6 Å². The minimum absolute atomic E-state index is 0.0431. The predicted molar refractivity (Wildman–Crippen MR) is 183 cm³/mol. The van der Waals surface area contributed by atoms with Gasteiger partial charge in [0.25, 0.3) is 0 Å². The second kappa shape index (κ2) is 16.1. The second-order valence-corrected chi connectivity index (χ2v) is 14.2. The number of hydrogen-bond acceptors (Lipinski definition) is 9. The highest BCUT2D eigenvalue weighted by Gasteiger charge is 2.44. The van der Waals surface area contributed by atoms with Gasteiger partial charge in [-0.25, -0.2) is 13.5 Å². The molecule has 1 fully saturated rings. The first-order valence-electron chi connectivity index (χ1n) is 16.3. The van der Waals surface area contributed by atoms with Crippen molar-refractivity contribution in [3.63, 3.8) is 0 Å². The third-order valence-electron chi connectivity index (χ3n) is 9.17. The molecule has 0 N–H and O–H groups in total. The lowest BCUT2D eigenvalue weighted by Crippen LogP contribution is -2.53. The van der Waals surface area contributed by atoms with Gasteiger partial charge in [0.2, 0.25) is 15.9 Å². The molecule has 2 heterocycles. The molecule has 11 nitrogen and oxygen atoms in total. The van der Waals surface area contributed by atoms with Crippen LogP contribution < -0.4 is 14.4 Å². The summed E-state index contributed by atoms with van der Waals surface area (Å²) >= 11 is 0. The third-order valence-corrected chi connectivity index (χ3v) is 11.1. The summed E-state index contributed by atoms with van der Waals surface area (Å²) in [6.45, 7) is 5.18.